The SMILES string of the molecule is CC1(CNc2ccccc2Cl)CCOCC1. The molecule has 1 aromatic carbocycles. The lowest BCUT2D eigenvalue weighted by Crippen LogP contribution is -2.33. The number of nitrogens with one attached hydrogen (secondary N) is 1. The molecule has 1 aliphatic rings. The lowest BCUT2D eigenvalue weighted by atomic mass is 9.82. The first kappa shape index (κ1) is 11.7. The lowest BCUT2D eigenvalue weighted by Gasteiger charge is -2.34. The number of hydrogen-bond donors (Lipinski definition) is 1. The Balaban J connectivity index is 1.94. The minimum absolute atomic E-state index is 0.331. The molecule has 88 valence electrons. The highest BCUT2D eigenvalue weighted by Crippen LogP contribution is 2.31. The fourth-order valence-corrected chi connectivity index (χ4v) is 2.16. The summed E-state index contributed by atoms with van der Waals surface area (Å²) < 4.78 is 5.39. The van der Waals surface area contributed by atoms with Gasteiger partial charge in [-0.15, -0.1) is 0 Å². The van der Waals surface area contributed by atoms with Gasteiger partial charge in [0.05, 0.1) is 10.7 Å². The summed E-state index contributed by atoms with van der Waals surface area (Å²) in [7, 11) is 0. The van der Waals surface area contributed by atoms with Crippen molar-refractivity contribution in [3.05, 3.63) is 29.3 Å². The van der Waals surface area contributed by atoms with Gasteiger partial charge in [-0.1, -0.05) is 30.7 Å². The van der Waals surface area contributed by atoms with Gasteiger partial charge in [-0.25, -0.2) is 0 Å². The molecule has 0 spiro atoms. The number of para-hydroxylation sites is 1. The monoisotopic (exact) mass is 239 g/mol. The Kier molecular flexibility index (Phi) is 3.72. The van der Waals surface area contributed by atoms with E-state index in [1.54, 1.807) is 0 Å². The molecule has 0 aliphatic carbocycles. The maximum Gasteiger partial charge on any atom is 0.0637 e. The molecule has 0 saturated carbocycles. The lowest BCUT2D eigenvalue weighted by molar-refractivity contribution is 0.0300. The highest BCUT2D eigenvalue weighted by atomic mass is 35.5. The quantitative estimate of drug-likeness (QED) is 0.871. The number of hydrogen-bond acceptors (Lipinski definition) is 2. The van der Waals surface area contributed by atoms with Crippen LogP contribution in [0.25, 0.3) is 0 Å². The molecule has 2 nitrogen and oxygen atoms in total. The van der Waals surface area contributed by atoms with Crippen LogP contribution in [-0.2, 0) is 4.74 Å². The van der Waals surface area contributed by atoms with Gasteiger partial charge < -0.3 is 10.1 Å². The summed E-state index contributed by atoms with van der Waals surface area (Å²) in [6.07, 6.45) is 2.23. The van der Waals surface area contributed by atoms with Crippen molar-refractivity contribution in [2.45, 2.75) is 19.8 Å². The summed E-state index contributed by atoms with van der Waals surface area (Å²) in [6, 6.07) is 7.88. The van der Waals surface area contributed by atoms with Gasteiger partial charge in [0.25, 0.3) is 0 Å². The zero-order valence-electron chi connectivity index (χ0n) is 9.63. The van der Waals surface area contributed by atoms with Gasteiger partial charge >= 0.3 is 0 Å². The van der Waals surface area contributed by atoms with Crippen LogP contribution < -0.4 is 5.32 Å². The van der Waals surface area contributed by atoms with E-state index in [9.17, 15) is 0 Å². The topological polar surface area (TPSA) is 21.3 Å². The van der Waals surface area contributed by atoms with E-state index in [0.717, 1.165) is 43.3 Å². The van der Waals surface area contributed by atoms with Crippen LogP contribution in [0.2, 0.25) is 5.02 Å². The molecular weight excluding hydrogens is 222 g/mol. The van der Waals surface area contributed by atoms with Gasteiger partial charge in [0.2, 0.25) is 0 Å². The Labute approximate surface area is 102 Å². The van der Waals surface area contributed by atoms with Crippen LogP contribution in [0.5, 0.6) is 0 Å². The molecule has 0 aromatic heterocycles. The van der Waals surface area contributed by atoms with Gasteiger partial charge in [-0.05, 0) is 30.4 Å². The largest absolute Gasteiger partial charge is 0.383 e. The summed E-state index contributed by atoms with van der Waals surface area (Å²) in [6.45, 7) is 5.01. The van der Waals surface area contributed by atoms with Crippen molar-refractivity contribution in [1.29, 1.82) is 0 Å². The van der Waals surface area contributed by atoms with Crippen LogP contribution in [-0.4, -0.2) is 19.8 Å². The summed E-state index contributed by atoms with van der Waals surface area (Å²) in [5.74, 6) is 0. The van der Waals surface area contributed by atoms with E-state index in [-0.39, 0.29) is 0 Å². The van der Waals surface area contributed by atoms with E-state index in [1.807, 2.05) is 24.3 Å². The van der Waals surface area contributed by atoms with E-state index in [4.69, 9.17) is 16.3 Å². The molecule has 0 amide bonds. The van der Waals surface area contributed by atoms with E-state index < -0.39 is 0 Å². The van der Waals surface area contributed by atoms with Crippen molar-refractivity contribution < 1.29 is 4.74 Å². The van der Waals surface area contributed by atoms with Crippen molar-refractivity contribution in [2.75, 3.05) is 25.1 Å². The van der Waals surface area contributed by atoms with Crippen LogP contribution in [0.15, 0.2) is 24.3 Å². The first-order valence-electron chi connectivity index (χ1n) is 5.76. The van der Waals surface area contributed by atoms with Gasteiger partial charge in [0.15, 0.2) is 0 Å². The highest BCUT2D eigenvalue weighted by Gasteiger charge is 2.27. The Bertz CT molecular complexity index is 348. The number of anilines is 1. The number of rotatable bonds is 3. The number of halogens is 1. The van der Waals surface area contributed by atoms with Crippen LogP contribution in [0.4, 0.5) is 5.69 Å². The third-order valence-electron chi connectivity index (χ3n) is 3.28. The molecule has 1 heterocycles. The second kappa shape index (κ2) is 5.07. The standard InChI is InChI=1S/C13H18ClNO/c1-13(6-8-16-9-7-13)10-15-12-5-3-2-4-11(12)14/h2-5,15H,6-10H2,1H3. The van der Waals surface area contributed by atoms with Crippen molar-refractivity contribution in [3.63, 3.8) is 0 Å². The zero-order chi connectivity index (χ0) is 11.4. The normalized spacial score (nSPS) is 19.4. The summed E-state index contributed by atoms with van der Waals surface area (Å²) in [5, 5.41) is 4.23. The summed E-state index contributed by atoms with van der Waals surface area (Å²) in [4.78, 5) is 0. The number of ether oxygens (including phenoxy) is 1. The summed E-state index contributed by atoms with van der Waals surface area (Å²) in [5.41, 5.74) is 1.36. The molecule has 0 atom stereocenters. The fraction of sp³-hybridized carbons (Fsp3) is 0.538. The van der Waals surface area contributed by atoms with Crippen LogP contribution >= 0.6 is 11.6 Å². The average molecular weight is 240 g/mol. The van der Waals surface area contributed by atoms with E-state index >= 15 is 0 Å². The third-order valence-corrected chi connectivity index (χ3v) is 3.61. The van der Waals surface area contributed by atoms with Crippen molar-refractivity contribution >= 4 is 17.3 Å². The van der Waals surface area contributed by atoms with Crippen molar-refractivity contribution in [1.82, 2.24) is 0 Å². The molecule has 0 unspecified atom stereocenters. The minimum atomic E-state index is 0.331. The third kappa shape index (κ3) is 2.89. The summed E-state index contributed by atoms with van der Waals surface area (Å²) >= 11 is 6.10. The first-order valence-corrected chi connectivity index (χ1v) is 6.14. The fourth-order valence-electron chi connectivity index (χ4n) is 1.95. The molecule has 1 fully saturated rings. The first-order chi connectivity index (χ1) is 7.70. The molecule has 0 bridgehead atoms. The Hall–Kier alpha value is -0.730. The van der Waals surface area contributed by atoms with Gasteiger partial charge in [-0.2, -0.15) is 0 Å². The molecule has 0 radical (unpaired) electrons. The zero-order valence-corrected chi connectivity index (χ0v) is 10.4. The Morgan fingerprint density at radius 3 is 2.69 bits per heavy atom. The second-order valence-electron chi connectivity index (χ2n) is 4.76. The van der Waals surface area contributed by atoms with Crippen LogP contribution in [0.3, 0.4) is 0 Å². The Morgan fingerprint density at radius 2 is 2.00 bits per heavy atom. The molecular formula is C13H18ClNO. The Morgan fingerprint density at radius 1 is 1.31 bits per heavy atom. The molecule has 1 N–H and O–H groups in total. The van der Waals surface area contributed by atoms with Gasteiger partial charge in [-0.3, -0.25) is 0 Å². The highest BCUT2D eigenvalue weighted by molar-refractivity contribution is 6.33. The minimum Gasteiger partial charge on any atom is -0.383 e. The molecule has 16 heavy (non-hydrogen) atoms. The maximum absolute atomic E-state index is 6.10. The van der Waals surface area contributed by atoms with Crippen LogP contribution in [0.1, 0.15) is 19.8 Å². The van der Waals surface area contributed by atoms with Crippen molar-refractivity contribution in [2.24, 2.45) is 5.41 Å². The van der Waals surface area contributed by atoms with E-state index in [1.165, 1.54) is 0 Å². The predicted molar refractivity (Wildman–Crippen MR) is 68.1 cm³/mol. The maximum atomic E-state index is 6.10. The van der Waals surface area contributed by atoms with Gasteiger partial charge in [0, 0.05) is 19.8 Å². The van der Waals surface area contributed by atoms with E-state index in [0.29, 0.717) is 5.41 Å². The predicted octanol–water partition coefficient (Wildman–Crippen LogP) is 3.57. The van der Waals surface area contributed by atoms with E-state index in [2.05, 4.69) is 12.2 Å². The average Bonchev–Trinajstić information content (AvgIpc) is 2.29. The molecule has 1 aromatic rings. The smallest absolute Gasteiger partial charge is 0.0637 e. The molecule has 3 heteroatoms. The van der Waals surface area contributed by atoms with Crippen LogP contribution in [0, 0.1) is 5.41 Å². The molecule has 1 saturated heterocycles. The molecule has 2 rings (SSSR count). The number of benzene rings is 1. The van der Waals surface area contributed by atoms with Gasteiger partial charge in [0.1, 0.15) is 0 Å². The second-order valence-corrected chi connectivity index (χ2v) is 5.16. The van der Waals surface area contributed by atoms with Crippen molar-refractivity contribution in [3.8, 4) is 0 Å². The molecule has 1 aliphatic heterocycles.